The van der Waals surface area contributed by atoms with Crippen LogP contribution in [0.1, 0.15) is 333 Å². The molecular formula is C70H130O5P2S+2. The van der Waals surface area contributed by atoms with E-state index in [9.17, 15) is 13.8 Å². The molecule has 0 unspecified atom stereocenters. The standard InChI is InChI=1S/2C28H60P.C14H10O5S/c2*1-5-9-13-14-15-16-17-18-19-20-21-22-23-24-28-29(25-10-6-2,26-11-7-3)27-12-8-4;15-13(16)9-1-5-11(6-2-9)20(19)12-7-3-10(4-8-12)14(17)18/h2*5-28H2,1-4H3;1-8H,(H,15,16)(H,17,18)/q2*+1;. The molecule has 0 fully saturated rings. The number of aromatic carboxylic acids is 2. The van der Waals surface area contributed by atoms with E-state index in [-0.39, 0.29) is 11.1 Å². The molecule has 0 heterocycles. The van der Waals surface area contributed by atoms with E-state index in [2.05, 4.69) is 55.4 Å². The van der Waals surface area contributed by atoms with Gasteiger partial charge in [-0.15, -0.1) is 0 Å². The van der Waals surface area contributed by atoms with Crippen molar-refractivity contribution in [3.05, 3.63) is 59.7 Å². The minimum Gasteiger partial charge on any atom is -0.478 e. The maximum Gasteiger partial charge on any atom is 0.335 e. The highest BCUT2D eigenvalue weighted by molar-refractivity contribution is 7.85. The number of rotatable bonds is 52. The maximum atomic E-state index is 12.2. The Morgan fingerprint density at radius 2 is 0.449 bits per heavy atom. The topological polar surface area (TPSA) is 91.7 Å². The van der Waals surface area contributed by atoms with Gasteiger partial charge in [-0.3, -0.25) is 0 Å². The van der Waals surface area contributed by atoms with Crippen molar-refractivity contribution in [3.8, 4) is 0 Å². The van der Waals surface area contributed by atoms with Gasteiger partial charge in [-0.1, -0.05) is 248 Å². The van der Waals surface area contributed by atoms with Gasteiger partial charge in [0.2, 0.25) is 0 Å². The van der Waals surface area contributed by atoms with Gasteiger partial charge < -0.3 is 10.2 Å². The lowest BCUT2D eigenvalue weighted by atomic mass is 10.0. The van der Waals surface area contributed by atoms with Gasteiger partial charge in [-0.2, -0.15) is 0 Å². The number of hydrogen-bond acceptors (Lipinski definition) is 3. The highest BCUT2D eigenvalue weighted by atomic mass is 32.2. The van der Waals surface area contributed by atoms with E-state index in [1.165, 1.54) is 293 Å². The molecule has 78 heavy (non-hydrogen) atoms. The molecule has 2 rings (SSSR count). The molecule has 0 radical (unpaired) electrons. The van der Waals surface area contributed by atoms with Crippen LogP contribution >= 0.6 is 14.5 Å². The first-order valence-corrected chi connectivity index (χ1v) is 40.0. The fraction of sp³-hybridized carbons (Fsp3) is 0.800. The van der Waals surface area contributed by atoms with Crippen molar-refractivity contribution in [1.29, 1.82) is 0 Å². The van der Waals surface area contributed by atoms with E-state index in [1.807, 2.05) is 0 Å². The molecule has 0 amide bonds. The number of hydrogen-bond donors (Lipinski definition) is 2. The fourth-order valence-corrected chi connectivity index (χ4v) is 22.6. The molecule has 2 aromatic carbocycles. The summed E-state index contributed by atoms with van der Waals surface area (Å²) in [4.78, 5) is 22.4. The van der Waals surface area contributed by atoms with Crippen molar-refractivity contribution < 1.29 is 24.0 Å². The largest absolute Gasteiger partial charge is 0.478 e. The molecule has 2 N–H and O–H groups in total. The molecule has 0 aliphatic heterocycles. The van der Waals surface area contributed by atoms with Crippen LogP contribution in [0, 0.1) is 0 Å². The van der Waals surface area contributed by atoms with Crippen LogP contribution in [0.15, 0.2) is 58.3 Å². The van der Waals surface area contributed by atoms with E-state index in [0.717, 1.165) is 0 Å². The lowest BCUT2D eigenvalue weighted by Gasteiger charge is -2.28. The summed E-state index contributed by atoms with van der Waals surface area (Å²) >= 11 is 0. The van der Waals surface area contributed by atoms with Crippen LogP contribution in [0.3, 0.4) is 0 Å². The monoisotopic (exact) mass is 1140 g/mol. The van der Waals surface area contributed by atoms with Crippen LogP contribution in [-0.2, 0) is 10.8 Å². The summed E-state index contributed by atoms with van der Waals surface area (Å²) in [7, 11) is -2.74. The fourth-order valence-electron chi connectivity index (χ4n) is 11.2. The van der Waals surface area contributed by atoms with Gasteiger partial charge >= 0.3 is 11.9 Å². The van der Waals surface area contributed by atoms with Gasteiger partial charge in [-0.25, -0.2) is 13.8 Å². The van der Waals surface area contributed by atoms with Crippen molar-refractivity contribution in [1.82, 2.24) is 0 Å². The van der Waals surface area contributed by atoms with Crippen LogP contribution in [0.5, 0.6) is 0 Å². The first-order valence-electron chi connectivity index (χ1n) is 33.8. The van der Waals surface area contributed by atoms with Gasteiger partial charge in [0.1, 0.15) is 0 Å². The summed E-state index contributed by atoms with van der Waals surface area (Å²) in [5, 5.41) is 17.6. The molecule has 0 aromatic heterocycles. The molecule has 0 aliphatic carbocycles. The van der Waals surface area contributed by atoms with E-state index in [0.29, 0.717) is 9.79 Å². The Balaban J connectivity index is 0.00000116. The van der Waals surface area contributed by atoms with Crippen molar-refractivity contribution in [2.24, 2.45) is 0 Å². The maximum absolute atomic E-state index is 12.2. The zero-order valence-electron chi connectivity index (χ0n) is 53.0. The SMILES string of the molecule is CCCCCCCCCCCCCCCC[P+](CCCC)(CCCC)CCCC.CCCCCCCCCCCCCCCC[P+](CCCC)(CCCC)CCCC.O=C(O)c1ccc(S(=O)c2ccc(C(=O)O)cc2)cc1. The zero-order chi connectivity index (χ0) is 57.6. The second kappa shape index (κ2) is 54.6. The number of unbranched alkanes of at least 4 members (excludes halogenated alkanes) is 32. The van der Waals surface area contributed by atoms with Gasteiger partial charge in [0.05, 0.1) is 71.2 Å². The number of carboxylic acid groups (broad SMARTS) is 2. The number of carboxylic acids is 2. The highest BCUT2D eigenvalue weighted by Crippen LogP contribution is 2.62. The molecule has 0 atom stereocenters. The van der Waals surface area contributed by atoms with E-state index >= 15 is 0 Å². The lowest BCUT2D eigenvalue weighted by molar-refractivity contribution is 0.0686. The van der Waals surface area contributed by atoms with Gasteiger partial charge in [-0.05, 0) is 113 Å². The normalized spacial score (nSPS) is 11.6. The minimum absolute atomic E-state index is 0.118. The number of carbonyl (C=O) groups is 2. The second-order valence-electron chi connectivity index (χ2n) is 23.7. The van der Waals surface area contributed by atoms with Gasteiger partial charge in [0.25, 0.3) is 0 Å². The summed E-state index contributed by atoms with van der Waals surface area (Å²) < 4.78 is 12.2. The molecular weight excluding hydrogens is 1010 g/mol. The third kappa shape index (κ3) is 41.4. The molecule has 454 valence electrons. The molecule has 0 aliphatic rings. The molecule has 8 heteroatoms. The summed E-state index contributed by atoms with van der Waals surface area (Å²) in [6, 6.07) is 11.4. The Kier molecular flexibility index (Phi) is 53.5. The van der Waals surface area contributed by atoms with E-state index < -0.39 is 37.3 Å². The number of benzene rings is 2. The first kappa shape index (κ1) is 76.4. The third-order valence-corrected chi connectivity index (χ3v) is 28.0. The smallest absolute Gasteiger partial charge is 0.335 e. The quantitative estimate of drug-likeness (QED) is 0.0509. The molecule has 0 saturated carbocycles. The van der Waals surface area contributed by atoms with Crippen LogP contribution in [0.2, 0.25) is 0 Å². The summed E-state index contributed by atoms with van der Waals surface area (Å²) in [6.45, 7) is 19.0. The molecule has 0 bridgehead atoms. The Bertz CT molecular complexity index is 1480. The van der Waals surface area contributed by atoms with Crippen LogP contribution < -0.4 is 0 Å². The molecule has 0 saturated heterocycles. The lowest BCUT2D eigenvalue weighted by Crippen LogP contribution is -2.13. The minimum atomic E-state index is -1.48. The highest BCUT2D eigenvalue weighted by Gasteiger charge is 2.35. The third-order valence-electron chi connectivity index (χ3n) is 16.5. The van der Waals surface area contributed by atoms with Gasteiger partial charge in [0, 0.05) is 24.3 Å². The second-order valence-corrected chi connectivity index (χ2v) is 34.1. The molecule has 5 nitrogen and oxygen atoms in total. The van der Waals surface area contributed by atoms with Crippen molar-refractivity contribution in [2.45, 2.75) is 322 Å². The van der Waals surface area contributed by atoms with Crippen LogP contribution in [0.4, 0.5) is 0 Å². The zero-order valence-corrected chi connectivity index (χ0v) is 55.6. The predicted molar refractivity (Wildman–Crippen MR) is 354 cm³/mol. The van der Waals surface area contributed by atoms with Crippen molar-refractivity contribution in [2.75, 3.05) is 49.3 Å². The summed E-state index contributed by atoms with van der Waals surface area (Å²) in [5.41, 5.74) is 0.235. The Hall–Kier alpha value is -1.61. The summed E-state index contributed by atoms with van der Waals surface area (Å²) in [5.74, 6) is -2.10. The summed E-state index contributed by atoms with van der Waals surface area (Å²) in [6.07, 6.45) is 71.9. The Labute approximate surface area is 489 Å². The molecule has 2 aromatic rings. The van der Waals surface area contributed by atoms with Crippen LogP contribution in [0.25, 0.3) is 0 Å². The van der Waals surface area contributed by atoms with Gasteiger partial charge in [0.15, 0.2) is 0 Å². The predicted octanol–water partition coefficient (Wildman–Crippen LogP) is 24.0. The Morgan fingerprint density at radius 1 is 0.282 bits per heavy atom. The van der Waals surface area contributed by atoms with E-state index in [4.69, 9.17) is 10.2 Å². The molecule has 0 spiro atoms. The first-order chi connectivity index (χ1) is 38.0. The van der Waals surface area contributed by atoms with Crippen molar-refractivity contribution in [3.63, 3.8) is 0 Å². The Morgan fingerprint density at radius 3 is 0.628 bits per heavy atom. The average molecular weight is 1150 g/mol. The van der Waals surface area contributed by atoms with Crippen molar-refractivity contribution >= 4 is 37.3 Å². The average Bonchev–Trinajstić information content (AvgIpc) is 3.46. The van der Waals surface area contributed by atoms with E-state index in [1.54, 1.807) is 62.1 Å². The van der Waals surface area contributed by atoms with Crippen LogP contribution in [-0.4, -0.2) is 75.7 Å².